The number of hydrogen-bond acceptors (Lipinski definition) is 7. The Morgan fingerprint density at radius 2 is 1.76 bits per heavy atom. The number of anilines is 1. The van der Waals surface area contributed by atoms with Crippen LogP contribution in [0.5, 0.6) is 0 Å². The van der Waals surface area contributed by atoms with Crippen LogP contribution in [0.3, 0.4) is 0 Å². The van der Waals surface area contributed by atoms with Gasteiger partial charge in [-0.25, -0.2) is 14.0 Å². The molecule has 0 saturated carbocycles. The number of nitrogens with two attached hydrogens (primary N) is 1. The summed E-state index contributed by atoms with van der Waals surface area (Å²) >= 11 is 0. The van der Waals surface area contributed by atoms with E-state index in [2.05, 4.69) is 5.32 Å². The van der Waals surface area contributed by atoms with Crippen LogP contribution >= 0.6 is 0 Å². The molecule has 12 heteroatoms. The van der Waals surface area contributed by atoms with Gasteiger partial charge in [-0.15, -0.1) is 0 Å². The summed E-state index contributed by atoms with van der Waals surface area (Å²) in [6.07, 6.45) is 1.14. The first-order chi connectivity index (χ1) is 19.0. The SMILES string of the molecule is CC[C@H](C[C@H](O)[C@@H](N)CN1CC(=O)N(c2cccc(F)c2C)CC1(C)C)C(=O)NCC(C)C.O=C(O)/C=C/C(=O)O. The molecule has 0 aliphatic carbocycles. The van der Waals surface area contributed by atoms with Gasteiger partial charge >= 0.3 is 11.9 Å². The van der Waals surface area contributed by atoms with Gasteiger partial charge in [0.2, 0.25) is 11.8 Å². The summed E-state index contributed by atoms with van der Waals surface area (Å²) in [5, 5.41) is 29.3. The molecule has 1 aromatic carbocycles. The summed E-state index contributed by atoms with van der Waals surface area (Å²) in [5.74, 6) is -3.01. The number of rotatable bonds is 12. The van der Waals surface area contributed by atoms with Crippen molar-refractivity contribution in [2.45, 2.75) is 72.1 Å². The quantitative estimate of drug-likeness (QED) is 0.232. The number of nitrogens with one attached hydrogen (secondary N) is 1. The molecule has 0 aromatic heterocycles. The largest absolute Gasteiger partial charge is 0.478 e. The van der Waals surface area contributed by atoms with E-state index < -0.39 is 29.6 Å². The van der Waals surface area contributed by atoms with Gasteiger partial charge in [0.15, 0.2) is 0 Å². The van der Waals surface area contributed by atoms with E-state index in [1.807, 2.05) is 39.5 Å². The molecule has 1 fully saturated rings. The number of carboxylic acids is 2. The lowest BCUT2D eigenvalue weighted by molar-refractivity contribution is -0.134. The van der Waals surface area contributed by atoms with E-state index in [1.54, 1.807) is 24.0 Å². The minimum atomic E-state index is -1.26. The monoisotopic (exact) mass is 580 g/mol. The molecular weight excluding hydrogens is 535 g/mol. The molecule has 3 atom stereocenters. The van der Waals surface area contributed by atoms with E-state index in [0.29, 0.717) is 55.4 Å². The first kappa shape index (κ1) is 35.7. The van der Waals surface area contributed by atoms with Gasteiger partial charge in [0, 0.05) is 60.5 Å². The van der Waals surface area contributed by atoms with Crippen LogP contribution in [0, 0.1) is 24.6 Å². The Hall–Kier alpha value is -3.35. The predicted molar refractivity (Wildman–Crippen MR) is 154 cm³/mol. The van der Waals surface area contributed by atoms with Gasteiger partial charge in [-0.05, 0) is 51.7 Å². The number of carbonyl (C=O) groups is 4. The number of halogens is 1. The topological polar surface area (TPSA) is 173 Å². The van der Waals surface area contributed by atoms with Crippen molar-refractivity contribution in [2.75, 3.05) is 31.1 Å². The van der Waals surface area contributed by atoms with Crippen molar-refractivity contribution in [2.24, 2.45) is 17.6 Å². The zero-order chi connectivity index (χ0) is 31.5. The Bertz CT molecular complexity index is 1080. The molecule has 1 saturated heterocycles. The summed E-state index contributed by atoms with van der Waals surface area (Å²) in [6, 6.07) is 4.15. The number of aliphatic hydroxyl groups is 1. The number of benzene rings is 1. The molecule has 1 aromatic rings. The highest BCUT2D eigenvalue weighted by Gasteiger charge is 2.40. The molecule has 0 bridgehead atoms. The van der Waals surface area contributed by atoms with Crippen molar-refractivity contribution in [3.63, 3.8) is 0 Å². The van der Waals surface area contributed by atoms with E-state index in [9.17, 15) is 28.7 Å². The number of aliphatic carboxylic acids is 2. The summed E-state index contributed by atoms with van der Waals surface area (Å²) in [6.45, 7) is 13.1. The fourth-order valence-corrected chi connectivity index (χ4v) is 4.35. The Kier molecular flexibility index (Phi) is 14.1. The van der Waals surface area contributed by atoms with Gasteiger partial charge in [0.25, 0.3) is 0 Å². The molecule has 2 rings (SSSR count). The number of carbonyl (C=O) groups excluding carboxylic acids is 2. The first-order valence-corrected chi connectivity index (χ1v) is 13.7. The second-order valence-electron chi connectivity index (χ2n) is 11.3. The molecule has 41 heavy (non-hydrogen) atoms. The molecule has 6 N–H and O–H groups in total. The van der Waals surface area contributed by atoms with Crippen LogP contribution in [-0.2, 0) is 19.2 Å². The van der Waals surface area contributed by atoms with Crippen molar-refractivity contribution in [1.82, 2.24) is 10.2 Å². The molecule has 1 aliphatic rings. The highest BCUT2D eigenvalue weighted by atomic mass is 19.1. The van der Waals surface area contributed by atoms with Crippen LogP contribution in [-0.4, -0.2) is 87.8 Å². The minimum absolute atomic E-state index is 0.0629. The molecule has 11 nitrogen and oxygen atoms in total. The lowest BCUT2D eigenvalue weighted by Gasteiger charge is -2.48. The highest BCUT2D eigenvalue weighted by Crippen LogP contribution is 2.30. The Balaban J connectivity index is 0.000000915. The van der Waals surface area contributed by atoms with Crippen LogP contribution in [0.25, 0.3) is 0 Å². The standard InChI is InChI=1S/C25H41FN4O3.C4H4O4/c1-7-18(24(33)28-12-16(2)3)11-22(31)20(27)13-29-14-23(32)30(15-25(29,5)6)21-10-8-9-19(26)17(21)4;5-3(6)1-2-4(7)8/h8-10,16,18,20,22,31H,7,11-15,27H2,1-6H3,(H,28,33);1-2H,(H,5,6)(H,7,8)/b;2-1+/t18-,20+,22+;/m1./s1. The van der Waals surface area contributed by atoms with Gasteiger partial charge in [-0.1, -0.05) is 26.8 Å². The normalized spacial score (nSPS) is 17.5. The number of piperazine rings is 1. The van der Waals surface area contributed by atoms with Gasteiger partial charge in [-0.3, -0.25) is 14.5 Å². The van der Waals surface area contributed by atoms with E-state index in [4.69, 9.17) is 15.9 Å². The maximum atomic E-state index is 14.0. The van der Waals surface area contributed by atoms with Crippen LogP contribution in [0.2, 0.25) is 0 Å². The molecule has 0 unspecified atom stereocenters. The third-order valence-electron chi connectivity index (χ3n) is 6.93. The first-order valence-electron chi connectivity index (χ1n) is 13.7. The van der Waals surface area contributed by atoms with E-state index in [-0.39, 0.29) is 36.5 Å². The number of carboxylic acid groups (broad SMARTS) is 2. The van der Waals surface area contributed by atoms with Crippen molar-refractivity contribution in [3.8, 4) is 0 Å². The van der Waals surface area contributed by atoms with Crippen LogP contribution in [0.4, 0.5) is 10.1 Å². The number of nitrogens with zero attached hydrogens (tertiary/aromatic N) is 2. The maximum Gasteiger partial charge on any atom is 0.328 e. The zero-order valence-corrected chi connectivity index (χ0v) is 24.8. The molecule has 230 valence electrons. The molecular formula is C29H45FN4O7. The lowest BCUT2D eigenvalue weighted by Crippen LogP contribution is -2.64. The summed E-state index contributed by atoms with van der Waals surface area (Å²) < 4.78 is 14.0. The van der Waals surface area contributed by atoms with Crippen molar-refractivity contribution in [3.05, 3.63) is 41.7 Å². The third-order valence-corrected chi connectivity index (χ3v) is 6.93. The number of aliphatic hydroxyl groups excluding tert-OH is 1. The van der Waals surface area contributed by atoms with E-state index >= 15 is 0 Å². The summed E-state index contributed by atoms with van der Waals surface area (Å²) in [4.78, 5) is 48.1. The molecule has 0 radical (unpaired) electrons. The van der Waals surface area contributed by atoms with E-state index in [1.165, 1.54) is 6.07 Å². The number of hydrogen-bond donors (Lipinski definition) is 5. The molecule has 1 aliphatic heterocycles. The second-order valence-corrected chi connectivity index (χ2v) is 11.3. The Morgan fingerprint density at radius 1 is 1.17 bits per heavy atom. The molecule has 1 heterocycles. The van der Waals surface area contributed by atoms with Crippen LogP contribution in [0.15, 0.2) is 30.4 Å². The average Bonchev–Trinajstić information content (AvgIpc) is 2.88. The molecule has 2 amide bonds. The summed E-state index contributed by atoms with van der Waals surface area (Å²) in [5.41, 5.74) is 6.93. The van der Waals surface area contributed by atoms with Crippen molar-refractivity contribution < 1.29 is 38.9 Å². The fraction of sp³-hybridized carbons (Fsp3) is 0.586. The van der Waals surface area contributed by atoms with Crippen molar-refractivity contribution >= 4 is 29.4 Å². The summed E-state index contributed by atoms with van der Waals surface area (Å²) in [7, 11) is 0. The van der Waals surface area contributed by atoms with Gasteiger partial charge < -0.3 is 31.3 Å². The molecule has 0 spiro atoms. The lowest BCUT2D eigenvalue weighted by atomic mass is 9.92. The Morgan fingerprint density at radius 3 is 2.27 bits per heavy atom. The average molecular weight is 581 g/mol. The number of amides is 2. The minimum Gasteiger partial charge on any atom is -0.478 e. The van der Waals surface area contributed by atoms with Crippen LogP contribution < -0.4 is 16.0 Å². The van der Waals surface area contributed by atoms with E-state index in [0.717, 1.165) is 0 Å². The van der Waals surface area contributed by atoms with Gasteiger partial charge in [0.05, 0.1) is 12.6 Å². The zero-order valence-electron chi connectivity index (χ0n) is 24.8. The highest BCUT2D eigenvalue weighted by molar-refractivity contribution is 5.96. The van der Waals surface area contributed by atoms with Crippen molar-refractivity contribution in [1.29, 1.82) is 0 Å². The van der Waals surface area contributed by atoms with Crippen LogP contribution in [0.1, 0.15) is 53.0 Å². The van der Waals surface area contributed by atoms with Gasteiger partial charge in [0.1, 0.15) is 5.82 Å². The maximum absolute atomic E-state index is 14.0. The Labute approximate surface area is 241 Å². The third kappa shape index (κ3) is 11.6. The predicted octanol–water partition coefficient (Wildman–Crippen LogP) is 2.15. The van der Waals surface area contributed by atoms with Gasteiger partial charge in [-0.2, -0.15) is 0 Å². The smallest absolute Gasteiger partial charge is 0.328 e. The second kappa shape index (κ2) is 16.2. The fourth-order valence-electron chi connectivity index (χ4n) is 4.35.